The molecule has 0 bridgehead atoms. The molecule has 0 amide bonds. The summed E-state index contributed by atoms with van der Waals surface area (Å²) < 4.78 is 0. The number of rotatable bonds is 10. The summed E-state index contributed by atoms with van der Waals surface area (Å²) >= 11 is 4.39. The largest absolute Gasteiger partial charge is 0.185 e. The zero-order valence-corrected chi connectivity index (χ0v) is 12.1. The van der Waals surface area contributed by atoms with Crippen molar-refractivity contribution >= 4 is 35.3 Å². The second-order valence-electron chi connectivity index (χ2n) is 3.25. The molecule has 0 radical (unpaired) electrons. The van der Waals surface area contributed by atoms with Crippen LogP contribution in [0, 0.1) is 21.3 Å². The van der Waals surface area contributed by atoms with E-state index in [0.717, 1.165) is 24.3 Å². The Morgan fingerprint density at radius 1 is 0.941 bits per heavy atom. The Kier molecular flexibility index (Phi) is 11.6. The van der Waals surface area contributed by atoms with E-state index in [1.54, 1.807) is 11.8 Å². The highest BCUT2D eigenvalue weighted by Crippen LogP contribution is 2.23. The molecule has 0 saturated heterocycles. The summed E-state index contributed by atoms with van der Waals surface area (Å²) in [6.07, 6.45) is 5.40. The molecular weight excluding hydrogens is 268 g/mol. The normalized spacial score (nSPS) is 13.1. The fourth-order valence-electron chi connectivity index (χ4n) is 1.15. The smallest absolute Gasteiger partial charge is 0.133 e. The summed E-state index contributed by atoms with van der Waals surface area (Å²) in [4.78, 5) is 0. The zero-order valence-electron chi connectivity index (χ0n) is 9.67. The predicted octanol–water partition coefficient (Wildman–Crippen LogP) is 4.04. The molecule has 2 nitrogen and oxygen atoms in total. The second-order valence-corrected chi connectivity index (χ2v) is 6.49. The number of nitrogens with zero attached hydrogens (tertiary/aromatic N) is 2. The third-order valence-corrected chi connectivity index (χ3v) is 5.20. The van der Waals surface area contributed by atoms with Crippen molar-refractivity contribution < 1.29 is 0 Å². The minimum Gasteiger partial charge on any atom is -0.185 e. The van der Waals surface area contributed by atoms with E-state index in [0.29, 0.717) is 10.5 Å². The van der Waals surface area contributed by atoms with E-state index in [-0.39, 0.29) is 0 Å². The highest BCUT2D eigenvalue weighted by Gasteiger charge is 2.11. The first kappa shape index (κ1) is 16.5. The Morgan fingerprint density at radius 2 is 1.35 bits per heavy atom. The van der Waals surface area contributed by atoms with Gasteiger partial charge in [0, 0.05) is 22.0 Å². The van der Waals surface area contributed by atoms with Crippen molar-refractivity contribution in [1.82, 2.24) is 0 Å². The molecule has 17 heavy (non-hydrogen) atoms. The van der Waals surface area contributed by atoms with Gasteiger partial charge in [-0.25, -0.2) is 0 Å². The van der Waals surface area contributed by atoms with E-state index in [1.807, 2.05) is 12.2 Å². The zero-order chi connectivity index (χ0) is 12.9. The lowest BCUT2D eigenvalue weighted by Crippen LogP contribution is -2.09. The molecule has 0 aromatic heterocycles. The number of nitriles is 2. The fraction of sp³-hybridized carbons (Fsp3) is 0.500. The quantitative estimate of drug-likeness (QED) is 0.447. The molecule has 2 unspecified atom stereocenters. The van der Waals surface area contributed by atoms with E-state index in [2.05, 4.69) is 24.0 Å². The maximum absolute atomic E-state index is 8.65. The van der Waals surface area contributed by atoms with Crippen LogP contribution in [0.3, 0.4) is 0 Å². The van der Waals surface area contributed by atoms with Gasteiger partial charge < -0.3 is 0 Å². The molecule has 0 spiro atoms. The first-order valence-corrected chi connectivity index (χ1v) is 8.08. The average Bonchev–Trinajstić information content (AvgIpc) is 2.30. The van der Waals surface area contributed by atoms with Gasteiger partial charge in [0.25, 0.3) is 0 Å². The molecule has 92 valence electrons. The van der Waals surface area contributed by atoms with E-state index < -0.39 is 0 Å². The Morgan fingerprint density at radius 3 is 1.65 bits per heavy atom. The van der Waals surface area contributed by atoms with Gasteiger partial charge in [-0.3, -0.25) is 0 Å². The molecule has 0 N–H and O–H groups in total. The number of thiocyanates is 2. The van der Waals surface area contributed by atoms with Crippen molar-refractivity contribution in [3.63, 3.8) is 0 Å². The molecule has 0 heterocycles. The number of allylic oxidation sites excluding steroid dienone is 2. The number of thioether (sulfide) groups is 3. The monoisotopic (exact) mass is 284 g/mol. The van der Waals surface area contributed by atoms with Crippen LogP contribution < -0.4 is 0 Å². The minimum absolute atomic E-state index is 0.305. The summed E-state index contributed by atoms with van der Waals surface area (Å²) in [5, 5.41) is 22.2. The van der Waals surface area contributed by atoms with Gasteiger partial charge in [-0.2, -0.15) is 22.3 Å². The lowest BCUT2D eigenvalue weighted by Gasteiger charge is -2.13. The van der Waals surface area contributed by atoms with Gasteiger partial charge in [0.05, 0.1) is 0 Å². The van der Waals surface area contributed by atoms with Crippen molar-refractivity contribution in [3.8, 4) is 10.8 Å². The minimum atomic E-state index is 0.305. The van der Waals surface area contributed by atoms with E-state index in [1.165, 1.54) is 23.5 Å². The van der Waals surface area contributed by atoms with Crippen LogP contribution in [-0.2, 0) is 0 Å². The van der Waals surface area contributed by atoms with Crippen LogP contribution >= 0.6 is 35.3 Å². The van der Waals surface area contributed by atoms with Crippen molar-refractivity contribution in [2.45, 2.75) is 23.3 Å². The van der Waals surface area contributed by atoms with Crippen molar-refractivity contribution in [1.29, 1.82) is 10.5 Å². The topological polar surface area (TPSA) is 47.6 Å². The van der Waals surface area contributed by atoms with Gasteiger partial charge in [-0.15, -0.1) is 13.2 Å². The van der Waals surface area contributed by atoms with E-state index in [4.69, 9.17) is 10.5 Å². The molecule has 0 saturated carbocycles. The summed E-state index contributed by atoms with van der Waals surface area (Å²) in [6, 6.07) is 0. The Bertz CT molecular complexity index is 274. The second kappa shape index (κ2) is 12.0. The Hall–Kier alpha value is -0.490. The molecule has 5 heteroatoms. The molecule has 0 rings (SSSR count). The Labute approximate surface area is 117 Å². The molecule has 0 aliphatic carbocycles. The first-order valence-electron chi connectivity index (χ1n) is 5.17. The van der Waals surface area contributed by atoms with Gasteiger partial charge in [0.2, 0.25) is 0 Å². The maximum atomic E-state index is 8.65. The standard InChI is InChI=1S/C12H16N2S3/c1-3-5-11(16-9-13)7-15-8-12(6-4-2)17-10-14/h3-4,11-12H,1-2,5-8H2. The van der Waals surface area contributed by atoms with Gasteiger partial charge in [0.1, 0.15) is 10.8 Å². The first-order chi connectivity index (χ1) is 8.28. The van der Waals surface area contributed by atoms with Gasteiger partial charge in [-0.05, 0) is 36.4 Å². The number of hydrogen-bond donors (Lipinski definition) is 0. The maximum Gasteiger partial charge on any atom is 0.133 e. The van der Waals surface area contributed by atoms with E-state index in [9.17, 15) is 0 Å². The predicted molar refractivity (Wildman–Crippen MR) is 80.9 cm³/mol. The fourth-order valence-corrected chi connectivity index (χ4v) is 3.97. The highest BCUT2D eigenvalue weighted by molar-refractivity contribution is 8.07. The van der Waals surface area contributed by atoms with Gasteiger partial charge in [-0.1, -0.05) is 12.2 Å². The summed E-state index contributed by atoms with van der Waals surface area (Å²) in [5.74, 6) is 1.84. The summed E-state index contributed by atoms with van der Waals surface area (Å²) in [5.41, 5.74) is 0. The average molecular weight is 284 g/mol. The molecule has 2 atom stereocenters. The lowest BCUT2D eigenvalue weighted by atomic mass is 10.3. The molecule has 0 aliphatic heterocycles. The van der Waals surface area contributed by atoms with Crippen LogP contribution in [0.15, 0.2) is 25.3 Å². The Balaban J connectivity index is 3.91. The van der Waals surface area contributed by atoms with Crippen LogP contribution in [0.1, 0.15) is 12.8 Å². The molecule has 0 aromatic rings. The van der Waals surface area contributed by atoms with Crippen LogP contribution in [0.25, 0.3) is 0 Å². The SMILES string of the molecule is C=CCC(CSCC(CC=C)SC#N)SC#N. The molecule has 0 aliphatic rings. The molecular formula is C12H16N2S3. The molecule has 0 fully saturated rings. The number of hydrogen-bond acceptors (Lipinski definition) is 5. The summed E-state index contributed by atoms with van der Waals surface area (Å²) in [6.45, 7) is 7.38. The highest BCUT2D eigenvalue weighted by atomic mass is 32.2. The third-order valence-electron chi connectivity index (χ3n) is 1.91. The van der Waals surface area contributed by atoms with Crippen LogP contribution in [-0.4, -0.2) is 22.0 Å². The summed E-state index contributed by atoms with van der Waals surface area (Å²) in [7, 11) is 0. The lowest BCUT2D eigenvalue weighted by molar-refractivity contribution is 0.980. The third kappa shape index (κ3) is 9.23. The van der Waals surface area contributed by atoms with E-state index >= 15 is 0 Å². The van der Waals surface area contributed by atoms with Crippen molar-refractivity contribution in [3.05, 3.63) is 25.3 Å². The van der Waals surface area contributed by atoms with Crippen molar-refractivity contribution in [2.75, 3.05) is 11.5 Å². The van der Waals surface area contributed by atoms with Gasteiger partial charge >= 0.3 is 0 Å². The van der Waals surface area contributed by atoms with Crippen LogP contribution in [0.2, 0.25) is 0 Å². The van der Waals surface area contributed by atoms with Crippen molar-refractivity contribution in [2.24, 2.45) is 0 Å². The van der Waals surface area contributed by atoms with Crippen LogP contribution in [0.5, 0.6) is 0 Å². The van der Waals surface area contributed by atoms with Gasteiger partial charge in [0.15, 0.2) is 0 Å². The van der Waals surface area contributed by atoms with Crippen LogP contribution in [0.4, 0.5) is 0 Å². The molecule has 0 aromatic carbocycles.